The van der Waals surface area contributed by atoms with Gasteiger partial charge in [0.05, 0.1) is 23.0 Å². The Kier molecular flexibility index (Phi) is 8.34. The van der Waals surface area contributed by atoms with Crippen molar-refractivity contribution in [2.45, 2.75) is 38.8 Å². The largest absolute Gasteiger partial charge is 0.494 e. The van der Waals surface area contributed by atoms with Crippen molar-refractivity contribution in [1.82, 2.24) is 15.2 Å². The molecule has 2 heterocycles. The van der Waals surface area contributed by atoms with E-state index in [4.69, 9.17) is 4.99 Å². The molecule has 5 aromatic rings. The molecule has 0 aliphatic carbocycles. The lowest BCUT2D eigenvalue weighted by Gasteiger charge is -2.26. The van der Waals surface area contributed by atoms with Gasteiger partial charge >= 0.3 is 0 Å². The second kappa shape index (κ2) is 12.6. The lowest BCUT2D eigenvalue weighted by molar-refractivity contribution is 0.0940. The zero-order valence-corrected chi connectivity index (χ0v) is 24.2. The molecule has 0 saturated carbocycles. The fraction of sp³-hybridized carbons (Fsp3) is 0.222. The van der Waals surface area contributed by atoms with Crippen LogP contribution in [0.3, 0.4) is 0 Å². The van der Waals surface area contributed by atoms with Crippen molar-refractivity contribution in [1.29, 1.82) is 0 Å². The standard InChI is InChI=1S/C36H35FN4O2/c1-24(26-13-16-29(37)17-14-26)38-35(42)28-15-18-32-31(22-28)33(36(43)40-32)34(27-10-4-2-5-11-27)39-30-12-8-9-25(21-30)23-41-19-6-3-7-20-41/h2,4-5,8-18,21-22,24,40,43H,3,6-7,19-20,23H2,1H3,(H,38,42)/t24-/m0/s1. The Morgan fingerprint density at radius 3 is 2.47 bits per heavy atom. The molecule has 6 rings (SSSR count). The zero-order valence-electron chi connectivity index (χ0n) is 24.2. The van der Waals surface area contributed by atoms with Crippen LogP contribution in [0.4, 0.5) is 10.1 Å². The van der Waals surface area contributed by atoms with Gasteiger partial charge in [-0.3, -0.25) is 9.69 Å². The first-order valence-electron chi connectivity index (χ1n) is 14.8. The van der Waals surface area contributed by atoms with Crippen LogP contribution < -0.4 is 5.32 Å². The van der Waals surface area contributed by atoms with Gasteiger partial charge in [-0.05, 0) is 86.4 Å². The predicted octanol–water partition coefficient (Wildman–Crippen LogP) is 7.66. The first-order valence-corrected chi connectivity index (χ1v) is 14.8. The van der Waals surface area contributed by atoms with Crippen LogP contribution in [0, 0.1) is 5.82 Å². The second-order valence-electron chi connectivity index (χ2n) is 11.2. The lowest BCUT2D eigenvalue weighted by atomic mass is 9.99. The number of nitrogens with one attached hydrogen (secondary N) is 2. The molecule has 1 fully saturated rings. The number of aromatic amines is 1. The zero-order chi connectivity index (χ0) is 29.8. The SMILES string of the molecule is C[C@H](NC(=O)c1ccc2[nH]c(O)c(C(=Nc3cccc(CN4CCCCC4)c3)c3ccccc3)c2c1)c1ccc(F)cc1. The van der Waals surface area contributed by atoms with Crippen molar-refractivity contribution in [2.75, 3.05) is 13.1 Å². The number of fused-ring (bicyclic) bond motifs is 1. The van der Waals surface area contributed by atoms with Crippen molar-refractivity contribution in [2.24, 2.45) is 4.99 Å². The molecule has 218 valence electrons. The summed E-state index contributed by atoms with van der Waals surface area (Å²) in [5.41, 5.74) is 5.92. The lowest BCUT2D eigenvalue weighted by Crippen LogP contribution is -2.28. The van der Waals surface area contributed by atoms with Gasteiger partial charge in [0, 0.05) is 28.6 Å². The summed E-state index contributed by atoms with van der Waals surface area (Å²) < 4.78 is 13.4. The summed E-state index contributed by atoms with van der Waals surface area (Å²) in [4.78, 5) is 23.9. The van der Waals surface area contributed by atoms with E-state index in [0.29, 0.717) is 27.7 Å². The summed E-state index contributed by atoms with van der Waals surface area (Å²) in [6, 6.07) is 29.1. The Morgan fingerprint density at radius 1 is 0.930 bits per heavy atom. The molecule has 43 heavy (non-hydrogen) atoms. The van der Waals surface area contributed by atoms with E-state index in [9.17, 15) is 14.3 Å². The first-order chi connectivity index (χ1) is 20.9. The molecule has 1 aliphatic heterocycles. The Balaban J connectivity index is 1.36. The third kappa shape index (κ3) is 6.52. The molecule has 3 N–H and O–H groups in total. The smallest absolute Gasteiger partial charge is 0.251 e. The van der Waals surface area contributed by atoms with Gasteiger partial charge in [0.25, 0.3) is 5.91 Å². The van der Waals surface area contributed by atoms with E-state index in [-0.39, 0.29) is 23.6 Å². The van der Waals surface area contributed by atoms with E-state index in [1.54, 1.807) is 30.3 Å². The molecular formula is C36H35FN4O2. The van der Waals surface area contributed by atoms with Crippen LogP contribution in [0.1, 0.15) is 64.8 Å². The highest BCUT2D eigenvalue weighted by atomic mass is 19.1. The number of piperidine rings is 1. The average molecular weight is 575 g/mol. The van der Waals surface area contributed by atoms with Gasteiger partial charge in [0.1, 0.15) is 5.82 Å². The van der Waals surface area contributed by atoms with E-state index in [2.05, 4.69) is 27.3 Å². The maximum absolute atomic E-state index is 13.4. The first kappa shape index (κ1) is 28.4. The normalized spacial score (nSPS) is 15.0. The maximum Gasteiger partial charge on any atom is 0.251 e. The van der Waals surface area contributed by atoms with Crippen LogP contribution in [0.2, 0.25) is 0 Å². The Bertz CT molecular complexity index is 1760. The fourth-order valence-corrected chi connectivity index (χ4v) is 5.76. The number of amides is 1. The monoisotopic (exact) mass is 574 g/mol. The third-order valence-electron chi connectivity index (χ3n) is 8.05. The van der Waals surface area contributed by atoms with E-state index >= 15 is 0 Å². The number of aliphatic imine (C=N–C) groups is 1. The van der Waals surface area contributed by atoms with Crippen molar-refractivity contribution in [3.63, 3.8) is 0 Å². The number of carbonyl (C=O) groups is 1. The number of benzene rings is 4. The fourth-order valence-electron chi connectivity index (χ4n) is 5.76. The van der Waals surface area contributed by atoms with Crippen LogP contribution in [0.5, 0.6) is 5.88 Å². The van der Waals surface area contributed by atoms with Gasteiger partial charge in [-0.25, -0.2) is 9.38 Å². The molecule has 0 unspecified atom stereocenters. The molecule has 1 amide bonds. The van der Waals surface area contributed by atoms with Crippen LogP contribution in [0.15, 0.2) is 102 Å². The topological polar surface area (TPSA) is 80.7 Å². The third-order valence-corrected chi connectivity index (χ3v) is 8.05. The number of rotatable bonds is 8. The van der Waals surface area contributed by atoms with E-state index < -0.39 is 0 Å². The van der Waals surface area contributed by atoms with Crippen LogP contribution in [-0.4, -0.2) is 39.7 Å². The van der Waals surface area contributed by atoms with E-state index in [1.165, 1.54) is 37.0 Å². The number of aromatic nitrogens is 1. The molecule has 4 aromatic carbocycles. The molecule has 1 saturated heterocycles. The van der Waals surface area contributed by atoms with Gasteiger partial charge in [-0.15, -0.1) is 0 Å². The van der Waals surface area contributed by atoms with Crippen molar-refractivity contribution in [3.05, 3.63) is 131 Å². The molecule has 0 bridgehead atoms. The number of H-pyrrole nitrogens is 1. The van der Waals surface area contributed by atoms with Gasteiger partial charge in [0.2, 0.25) is 0 Å². The molecule has 7 heteroatoms. The molecule has 0 spiro atoms. The van der Waals surface area contributed by atoms with Gasteiger partial charge in [0.15, 0.2) is 5.88 Å². The maximum atomic E-state index is 13.4. The predicted molar refractivity (Wildman–Crippen MR) is 170 cm³/mol. The van der Waals surface area contributed by atoms with Crippen LogP contribution >= 0.6 is 0 Å². The van der Waals surface area contributed by atoms with Gasteiger partial charge in [-0.2, -0.15) is 0 Å². The van der Waals surface area contributed by atoms with Crippen LogP contribution in [-0.2, 0) is 6.54 Å². The number of carbonyl (C=O) groups excluding carboxylic acids is 1. The van der Waals surface area contributed by atoms with E-state index in [1.807, 2.05) is 49.4 Å². The second-order valence-corrected chi connectivity index (χ2v) is 11.2. The number of likely N-dealkylation sites (tertiary alicyclic amines) is 1. The van der Waals surface area contributed by atoms with Crippen molar-refractivity contribution in [3.8, 4) is 5.88 Å². The number of nitrogens with zero attached hydrogens (tertiary/aromatic N) is 2. The Labute approximate surface area is 250 Å². The van der Waals surface area contributed by atoms with Gasteiger partial charge < -0.3 is 15.4 Å². The van der Waals surface area contributed by atoms with Crippen molar-refractivity contribution < 1.29 is 14.3 Å². The number of aromatic hydroxyl groups is 1. The highest BCUT2D eigenvalue weighted by Gasteiger charge is 2.21. The molecule has 6 nitrogen and oxygen atoms in total. The highest BCUT2D eigenvalue weighted by molar-refractivity contribution is 6.22. The Hall–Kier alpha value is -4.75. The summed E-state index contributed by atoms with van der Waals surface area (Å²) in [5, 5.41) is 14.9. The number of halogens is 1. The number of hydrogen-bond donors (Lipinski definition) is 3. The minimum Gasteiger partial charge on any atom is -0.494 e. The summed E-state index contributed by atoms with van der Waals surface area (Å²) in [5.74, 6) is -0.606. The quantitative estimate of drug-likeness (QED) is 0.167. The molecule has 1 aromatic heterocycles. The van der Waals surface area contributed by atoms with Gasteiger partial charge in [-0.1, -0.05) is 61.0 Å². The minimum atomic E-state index is -0.322. The summed E-state index contributed by atoms with van der Waals surface area (Å²) in [6.07, 6.45) is 3.77. The summed E-state index contributed by atoms with van der Waals surface area (Å²) in [7, 11) is 0. The molecular weight excluding hydrogens is 539 g/mol. The van der Waals surface area contributed by atoms with Crippen molar-refractivity contribution >= 4 is 28.2 Å². The van der Waals surface area contributed by atoms with Crippen LogP contribution in [0.25, 0.3) is 10.9 Å². The highest BCUT2D eigenvalue weighted by Crippen LogP contribution is 2.33. The Morgan fingerprint density at radius 2 is 1.70 bits per heavy atom. The average Bonchev–Trinajstić information content (AvgIpc) is 3.36. The minimum absolute atomic E-state index is 0.0145. The molecule has 0 radical (unpaired) electrons. The number of hydrogen-bond acceptors (Lipinski definition) is 4. The molecule has 1 aliphatic rings. The molecule has 1 atom stereocenters. The summed E-state index contributed by atoms with van der Waals surface area (Å²) >= 11 is 0. The summed E-state index contributed by atoms with van der Waals surface area (Å²) in [6.45, 7) is 4.98. The van der Waals surface area contributed by atoms with E-state index in [0.717, 1.165) is 36.4 Å².